The highest BCUT2D eigenvalue weighted by atomic mass is 33.7. The summed E-state index contributed by atoms with van der Waals surface area (Å²) in [6.45, 7) is 15.0. The Labute approximate surface area is 195 Å². The molecule has 0 saturated carbocycles. The van der Waals surface area contributed by atoms with Crippen LogP contribution in [0.1, 0.15) is 54.4 Å². The highest BCUT2D eigenvalue weighted by Crippen LogP contribution is 2.42. The smallest absolute Gasteiger partial charge is 0.282 e. The van der Waals surface area contributed by atoms with Crippen molar-refractivity contribution in [2.75, 3.05) is 39.6 Å². The average molecular weight is 509 g/mol. The van der Waals surface area contributed by atoms with E-state index >= 15 is 0 Å². The molecule has 0 aliphatic carbocycles. The van der Waals surface area contributed by atoms with Crippen molar-refractivity contribution in [1.29, 1.82) is 0 Å². The molecule has 6 nitrogen and oxygen atoms in total. The Bertz CT molecular complexity index is 320. The Balaban J connectivity index is 5.16. The van der Waals surface area contributed by atoms with Crippen LogP contribution in [0.4, 0.5) is 0 Å². The third-order valence-electron chi connectivity index (χ3n) is 3.94. The molecule has 0 amide bonds. The lowest BCUT2D eigenvalue weighted by Gasteiger charge is -2.34. The lowest BCUT2D eigenvalue weighted by Crippen LogP contribution is -2.41. The van der Waals surface area contributed by atoms with Gasteiger partial charge in [0.1, 0.15) is 7.95 Å². The molecule has 29 heavy (non-hydrogen) atoms. The van der Waals surface area contributed by atoms with Crippen LogP contribution < -0.4 is 0 Å². The van der Waals surface area contributed by atoms with E-state index < -0.39 is 19.9 Å². The summed E-state index contributed by atoms with van der Waals surface area (Å²) in [5.74, 6) is -1.92. The first-order chi connectivity index (χ1) is 14.0. The first kappa shape index (κ1) is 30.4. The van der Waals surface area contributed by atoms with Crippen LogP contribution in [0, 0.1) is 0 Å². The molecule has 0 aromatic carbocycles. The molecule has 0 aliphatic rings. The monoisotopic (exact) mass is 508 g/mol. The maximum atomic E-state index is 5.89. The Morgan fingerprint density at radius 3 is 1.17 bits per heavy atom. The minimum Gasteiger partial charge on any atom is -0.328 e. The molecule has 0 unspecified atom stereocenters. The van der Waals surface area contributed by atoms with E-state index in [9.17, 15) is 0 Å². The third-order valence-corrected chi connectivity index (χ3v) is 16.3. The van der Waals surface area contributed by atoms with Gasteiger partial charge in [-0.2, -0.15) is 0 Å². The number of thiol groups is 1. The molecule has 0 aliphatic heterocycles. The Hall–Kier alpha value is 1.38. The van der Waals surface area contributed by atoms with Crippen LogP contribution in [-0.4, -0.2) is 59.5 Å². The van der Waals surface area contributed by atoms with Gasteiger partial charge in [0.25, 0.3) is 11.9 Å². The summed E-state index contributed by atoms with van der Waals surface area (Å²) >= 11 is 4.28. The van der Waals surface area contributed by atoms with Crippen LogP contribution in [0.5, 0.6) is 0 Å². The van der Waals surface area contributed by atoms with Crippen LogP contribution in [0.2, 0.25) is 12.1 Å². The molecule has 0 fully saturated rings. The molecule has 0 aromatic heterocycles. The number of hydrogen-bond donors (Lipinski definition) is 1. The van der Waals surface area contributed by atoms with E-state index in [1.54, 1.807) is 9.83 Å². The second-order valence-electron chi connectivity index (χ2n) is 5.90. The second-order valence-corrected chi connectivity index (χ2v) is 16.5. The molecule has 0 radical (unpaired) electrons. The van der Waals surface area contributed by atoms with Gasteiger partial charge in [0.2, 0.25) is 0 Å². The molecule has 0 saturated heterocycles. The molecule has 0 atom stereocenters. The van der Waals surface area contributed by atoms with Crippen molar-refractivity contribution in [2.24, 2.45) is 0 Å². The van der Waals surface area contributed by atoms with Gasteiger partial charge in [0.05, 0.1) is 0 Å². The largest absolute Gasteiger partial charge is 0.328 e. The van der Waals surface area contributed by atoms with Crippen molar-refractivity contribution in [3.63, 3.8) is 0 Å². The predicted molar refractivity (Wildman–Crippen MR) is 133 cm³/mol. The summed E-state index contributed by atoms with van der Waals surface area (Å²) in [5.41, 5.74) is 0. The fraction of sp³-hybridized carbons (Fsp3) is 1.00. The van der Waals surface area contributed by atoms with Crippen LogP contribution in [0.25, 0.3) is 0 Å². The van der Waals surface area contributed by atoms with Crippen LogP contribution in [-0.2, 0) is 28.4 Å². The Kier molecular flexibility index (Phi) is 19.8. The molecule has 176 valence electrons. The van der Waals surface area contributed by atoms with Crippen molar-refractivity contribution in [3.8, 4) is 0 Å². The number of rotatable bonds is 21. The van der Waals surface area contributed by atoms with Gasteiger partial charge in [-0.3, -0.25) is 0 Å². The molecule has 11 heteroatoms. The highest BCUT2D eigenvalue weighted by molar-refractivity contribution is 9.26. The van der Waals surface area contributed by atoms with E-state index in [1.165, 1.54) is 9.83 Å². The first-order valence-electron chi connectivity index (χ1n) is 10.5. The topological polar surface area (TPSA) is 55.4 Å². The molecule has 0 spiro atoms. The predicted octanol–water partition coefficient (Wildman–Crippen LogP) is 5.89. The van der Waals surface area contributed by atoms with Gasteiger partial charge in [-0.1, -0.05) is 11.7 Å². The SMILES string of the molecule is CCOC(CC[SiH](CCC(OCC)(OCC)OCC)SSSS)(OCC)OCC. The Morgan fingerprint density at radius 2 is 0.931 bits per heavy atom. The van der Waals surface area contributed by atoms with Crippen LogP contribution >= 0.6 is 41.6 Å². The zero-order valence-electron chi connectivity index (χ0n) is 18.8. The van der Waals surface area contributed by atoms with Crippen molar-refractivity contribution in [2.45, 2.75) is 78.4 Å². The summed E-state index contributed by atoms with van der Waals surface area (Å²) in [4.78, 5) is 0. The first-order valence-corrected chi connectivity index (χ1v) is 18.1. The average Bonchev–Trinajstić information content (AvgIpc) is 2.68. The zero-order valence-corrected chi connectivity index (χ0v) is 23.3. The highest BCUT2D eigenvalue weighted by Gasteiger charge is 2.36. The van der Waals surface area contributed by atoms with E-state index in [0.29, 0.717) is 52.5 Å². The van der Waals surface area contributed by atoms with Gasteiger partial charge in [0, 0.05) is 52.5 Å². The fourth-order valence-corrected chi connectivity index (χ4v) is 16.5. The third kappa shape index (κ3) is 12.9. The minimum atomic E-state index is -1.27. The van der Waals surface area contributed by atoms with Gasteiger partial charge in [-0.05, 0) is 73.3 Å². The number of ether oxygens (including phenoxy) is 6. The summed E-state index contributed by atoms with van der Waals surface area (Å²) in [6, 6.07) is 1.99. The minimum absolute atomic E-state index is 0.544. The van der Waals surface area contributed by atoms with Crippen LogP contribution in [0.15, 0.2) is 0 Å². The van der Waals surface area contributed by atoms with E-state index in [1.807, 2.05) is 51.8 Å². The quantitative estimate of drug-likeness (QED) is 0.0884. The molecule has 0 bridgehead atoms. The molecular formula is C18H40O6S4Si. The van der Waals surface area contributed by atoms with Crippen molar-refractivity contribution in [3.05, 3.63) is 0 Å². The number of hydrogen-bond acceptors (Lipinski definition) is 10. The maximum Gasteiger partial charge on any atom is 0.282 e. The van der Waals surface area contributed by atoms with Gasteiger partial charge in [-0.25, -0.2) is 0 Å². The van der Waals surface area contributed by atoms with Crippen molar-refractivity contribution >= 4 is 49.5 Å². The van der Waals surface area contributed by atoms with Gasteiger partial charge in [-0.15, -0.1) is 10.2 Å². The summed E-state index contributed by atoms with van der Waals surface area (Å²) in [7, 11) is 3.84. The van der Waals surface area contributed by atoms with Crippen LogP contribution in [0.3, 0.4) is 0 Å². The van der Waals surface area contributed by atoms with Crippen molar-refractivity contribution < 1.29 is 28.4 Å². The standard InChI is InChI=1S/C18H40O6S4Si/c1-7-19-17(20-8-2,21-9-3)13-15-29(28-27-26-25)16-14-18(22-10-4,23-11-5)24-12-6/h25,29H,7-16H2,1-6H3. The van der Waals surface area contributed by atoms with Crippen molar-refractivity contribution in [1.82, 2.24) is 0 Å². The second kappa shape index (κ2) is 18.9. The van der Waals surface area contributed by atoms with Gasteiger partial charge >= 0.3 is 0 Å². The molecule has 0 aromatic rings. The van der Waals surface area contributed by atoms with E-state index in [4.69, 9.17) is 28.4 Å². The molecule has 0 rings (SSSR count). The van der Waals surface area contributed by atoms with E-state index in [-0.39, 0.29) is 0 Å². The van der Waals surface area contributed by atoms with Gasteiger partial charge in [0.15, 0.2) is 0 Å². The Morgan fingerprint density at radius 1 is 0.621 bits per heavy atom. The lowest BCUT2D eigenvalue weighted by molar-refractivity contribution is -0.378. The van der Waals surface area contributed by atoms with Gasteiger partial charge < -0.3 is 28.4 Å². The summed E-state index contributed by atoms with van der Waals surface area (Å²) in [6.07, 6.45) is 1.41. The lowest BCUT2D eigenvalue weighted by atomic mass is 10.4. The fourth-order valence-electron chi connectivity index (χ4n) is 2.99. The summed E-state index contributed by atoms with van der Waals surface area (Å²) in [5, 5.41) is 0. The maximum absolute atomic E-state index is 5.89. The van der Waals surface area contributed by atoms with E-state index in [2.05, 4.69) is 11.7 Å². The normalized spacial score (nSPS) is 12.8. The molecular weight excluding hydrogens is 469 g/mol. The van der Waals surface area contributed by atoms with E-state index in [0.717, 1.165) is 12.1 Å². The summed E-state index contributed by atoms with van der Waals surface area (Å²) < 4.78 is 35.4. The molecule has 0 N–H and O–H groups in total. The molecule has 0 heterocycles. The zero-order chi connectivity index (χ0) is 22.0.